The van der Waals surface area contributed by atoms with Gasteiger partial charge < -0.3 is 10.2 Å². The van der Waals surface area contributed by atoms with Crippen LogP contribution < -0.4 is 5.32 Å². The molecule has 0 amide bonds. The minimum Gasteiger partial charge on any atom is -0.365 e. The molecule has 0 atom stereocenters. The predicted octanol–water partition coefficient (Wildman–Crippen LogP) is 0.611. The summed E-state index contributed by atoms with van der Waals surface area (Å²) >= 11 is 5.63. The number of hydrogen-bond acceptors (Lipinski definition) is 6. The Bertz CT molecular complexity index is 447. The average Bonchev–Trinajstić information content (AvgIpc) is 2.68. The average molecular weight is 256 g/mol. The van der Waals surface area contributed by atoms with Crippen molar-refractivity contribution in [3.05, 3.63) is 45.1 Å². The highest BCUT2D eigenvalue weighted by molar-refractivity contribution is 6.29. The first-order chi connectivity index (χ1) is 8.15. The molecule has 0 aromatic carbocycles. The van der Waals surface area contributed by atoms with Crippen LogP contribution in [0.1, 0.15) is 5.69 Å². The Kier molecular flexibility index (Phi) is 3.38. The topological polar surface area (TPSA) is 84.2 Å². The molecule has 1 N–H and O–H groups in total. The largest absolute Gasteiger partial charge is 0.365 e. The second-order valence-corrected chi connectivity index (χ2v) is 3.88. The van der Waals surface area contributed by atoms with E-state index < -0.39 is 4.92 Å². The highest BCUT2D eigenvalue weighted by Gasteiger charge is 2.19. The van der Waals surface area contributed by atoms with Gasteiger partial charge in [0.05, 0.1) is 17.2 Å². The highest BCUT2D eigenvalue weighted by atomic mass is 35.5. The van der Waals surface area contributed by atoms with E-state index >= 15 is 0 Å². The maximum Gasteiger partial charge on any atom is 0.274 e. The van der Waals surface area contributed by atoms with Crippen LogP contribution in [-0.2, 0) is 6.54 Å². The molecule has 0 unspecified atom stereocenters. The van der Waals surface area contributed by atoms with Crippen molar-refractivity contribution in [1.29, 1.82) is 0 Å². The third-order valence-electron chi connectivity index (χ3n) is 2.30. The fourth-order valence-corrected chi connectivity index (χ4v) is 1.67. The lowest BCUT2D eigenvalue weighted by Crippen LogP contribution is -2.21. The van der Waals surface area contributed by atoms with E-state index in [9.17, 15) is 10.1 Å². The Labute approximate surface area is 102 Å². The second kappa shape index (κ2) is 4.96. The third kappa shape index (κ3) is 3.04. The Hall–Kier alpha value is -1.89. The molecule has 8 heteroatoms. The van der Waals surface area contributed by atoms with Gasteiger partial charge in [0.15, 0.2) is 11.0 Å². The van der Waals surface area contributed by atoms with Crippen LogP contribution in [0.5, 0.6) is 0 Å². The molecule has 17 heavy (non-hydrogen) atoms. The van der Waals surface area contributed by atoms with Crippen molar-refractivity contribution in [3.8, 4) is 0 Å². The summed E-state index contributed by atoms with van der Waals surface area (Å²) in [4.78, 5) is 11.8. The van der Waals surface area contributed by atoms with Crippen LogP contribution in [0.2, 0.25) is 5.15 Å². The van der Waals surface area contributed by atoms with E-state index in [2.05, 4.69) is 15.5 Å². The lowest BCUT2D eigenvalue weighted by atomic mass is 10.3. The van der Waals surface area contributed by atoms with Gasteiger partial charge in [-0.25, -0.2) is 0 Å². The fraction of sp³-hybridized carbons (Fsp3) is 0.333. The van der Waals surface area contributed by atoms with E-state index in [4.69, 9.17) is 11.6 Å². The minimum absolute atomic E-state index is 0.328. The van der Waals surface area contributed by atoms with Gasteiger partial charge in [-0.05, 0) is 12.1 Å². The van der Waals surface area contributed by atoms with Gasteiger partial charge in [-0.3, -0.25) is 10.1 Å². The summed E-state index contributed by atoms with van der Waals surface area (Å²) in [6.45, 7) is 1.85. The van der Waals surface area contributed by atoms with Crippen molar-refractivity contribution in [2.45, 2.75) is 6.54 Å². The normalized spacial score (nSPS) is 17.2. The van der Waals surface area contributed by atoms with Crippen LogP contribution in [0.3, 0.4) is 0 Å². The minimum atomic E-state index is -0.478. The Morgan fingerprint density at radius 3 is 3.06 bits per heavy atom. The molecule has 1 saturated heterocycles. The summed E-state index contributed by atoms with van der Waals surface area (Å²) in [6.07, 6.45) is 0.955. The Balaban J connectivity index is 2.07. The zero-order valence-corrected chi connectivity index (χ0v) is 9.59. The quantitative estimate of drug-likeness (QED) is 0.629. The molecule has 7 nitrogen and oxygen atoms in total. The fourth-order valence-electron chi connectivity index (χ4n) is 1.57. The molecule has 1 aromatic rings. The molecule has 1 aromatic heterocycles. The van der Waals surface area contributed by atoms with Crippen molar-refractivity contribution in [2.75, 3.05) is 13.1 Å². The third-order valence-corrected chi connectivity index (χ3v) is 2.50. The zero-order valence-electron chi connectivity index (χ0n) is 8.84. The van der Waals surface area contributed by atoms with Crippen molar-refractivity contribution in [1.82, 2.24) is 20.4 Å². The molecular weight excluding hydrogens is 246 g/mol. The molecule has 0 saturated carbocycles. The smallest absolute Gasteiger partial charge is 0.274 e. The van der Waals surface area contributed by atoms with Crippen molar-refractivity contribution < 1.29 is 4.92 Å². The van der Waals surface area contributed by atoms with Crippen LogP contribution in [0.25, 0.3) is 0 Å². The van der Waals surface area contributed by atoms with Crippen LogP contribution in [0, 0.1) is 10.1 Å². The van der Waals surface area contributed by atoms with Crippen LogP contribution in [0.15, 0.2) is 24.2 Å². The standard InChI is InChI=1S/C9H10ClN5O2/c10-8-2-1-7(12-13-8)5-14-4-3-11-9(14)6-15(16)17/h1-2,6,11H,3-5H2/b9-6+. The lowest BCUT2D eigenvalue weighted by Gasteiger charge is -2.15. The van der Waals surface area contributed by atoms with Crippen LogP contribution in [0.4, 0.5) is 0 Å². The molecule has 0 bridgehead atoms. The van der Waals surface area contributed by atoms with Crippen molar-refractivity contribution >= 4 is 11.6 Å². The summed E-state index contributed by atoms with van der Waals surface area (Å²) in [5.74, 6) is 0.492. The second-order valence-electron chi connectivity index (χ2n) is 3.50. The number of nitrogens with zero attached hydrogens (tertiary/aromatic N) is 4. The van der Waals surface area contributed by atoms with Gasteiger partial charge in [0, 0.05) is 13.1 Å². The van der Waals surface area contributed by atoms with Gasteiger partial charge in [-0.2, -0.15) is 5.10 Å². The number of rotatable bonds is 3. The maximum absolute atomic E-state index is 10.4. The van der Waals surface area contributed by atoms with E-state index in [-0.39, 0.29) is 0 Å². The number of nitrogens with one attached hydrogen (secondary N) is 1. The molecule has 2 heterocycles. The van der Waals surface area contributed by atoms with Gasteiger partial charge in [0.25, 0.3) is 6.20 Å². The van der Waals surface area contributed by atoms with Gasteiger partial charge >= 0.3 is 0 Å². The van der Waals surface area contributed by atoms with Crippen molar-refractivity contribution in [3.63, 3.8) is 0 Å². The van der Waals surface area contributed by atoms with Gasteiger partial charge in [-0.1, -0.05) is 11.6 Å². The summed E-state index contributed by atoms with van der Waals surface area (Å²) in [5, 5.41) is 21.3. The summed E-state index contributed by atoms with van der Waals surface area (Å²) < 4.78 is 0. The van der Waals surface area contributed by atoms with Crippen LogP contribution in [-0.4, -0.2) is 33.1 Å². The Morgan fingerprint density at radius 1 is 1.59 bits per heavy atom. The molecule has 2 rings (SSSR count). The maximum atomic E-state index is 10.4. The van der Waals surface area contributed by atoms with E-state index in [1.165, 1.54) is 0 Å². The molecule has 1 fully saturated rings. The molecule has 0 spiro atoms. The highest BCUT2D eigenvalue weighted by Crippen LogP contribution is 2.12. The molecule has 0 aliphatic carbocycles. The van der Waals surface area contributed by atoms with E-state index in [1.54, 1.807) is 12.1 Å². The molecule has 0 radical (unpaired) electrons. The summed E-state index contributed by atoms with van der Waals surface area (Å²) in [7, 11) is 0. The van der Waals surface area contributed by atoms with Gasteiger partial charge in [0.1, 0.15) is 0 Å². The first-order valence-electron chi connectivity index (χ1n) is 4.97. The molecule has 90 valence electrons. The SMILES string of the molecule is O=[N+]([O-])/C=C1\NCCN1Cc1ccc(Cl)nn1. The lowest BCUT2D eigenvalue weighted by molar-refractivity contribution is -0.404. The van der Waals surface area contributed by atoms with E-state index in [1.807, 2.05) is 4.90 Å². The number of aromatic nitrogens is 2. The molecule has 1 aliphatic heterocycles. The number of nitro groups is 1. The first kappa shape index (κ1) is 11.6. The molecule has 1 aliphatic rings. The zero-order chi connectivity index (χ0) is 12.3. The number of halogens is 1. The first-order valence-corrected chi connectivity index (χ1v) is 5.35. The monoisotopic (exact) mass is 255 g/mol. The Morgan fingerprint density at radius 2 is 2.41 bits per heavy atom. The van der Waals surface area contributed by atoms with Crippen molar-refractivity contribution in [2.24, 2.45) is 0 Å². The summed E-state index contributed by atoms with van der Waals surface area (Å²) in [5.41, 5.74) is 0.715. The molecular formula is C9H10ClN5O2. The van der Waals surface area contributed by atoms with Gasteiger partial charge in [0.2, 0.25) is 0 Å². The van der Waals surface area contributed by atoms with E-state index in [0.717, 1.165) is 6.20 Å². The van der Waals surface area contributed by atoms with E-state index in [0.29, 0.717) is 36.3 Å². The predicted molar refractivity (Wildman–Crippen MR) is 60.5 cm³/mol. The summed E-state index contributed by atoms with van der Waals surface area (Å²) in [6, 6.07) is 3.39. The van der Waals surface area contributed by atoms with Gasteiger partial charge in [-0.15, -0.1) is 5.10 Å². The number of hydrogen-bond donors (Lipinski definition) is 1. The van der Waals surface area contributed by atoms with Crippen LogP contribution >= 0.6 is 11.6 Å².